The maximum Gasteiger partial charge on any atom is 0.295 e. The highest BCUT2D eigenvalue weighted by molar-refractivity contribution is 6.31. The van der Waals surface area contributed by atoms with Crippen molar-refractivity contribution in [2.75, 3.05) is 11.9 Å². The van der Waals surface area contributed by atoms with Gasteiger partial charge in [-0.1, -0.05) is 18.5 Å². The molecule has 0 saturated heterocycles. The maximum absolute atomic E-state index is 13.7. The first kappa shape index (κ1) is 13.7. The smallest absolute Gasteiger partial charge is 0.295 e. The zero-order chi connectivity index (χ0) is 13.0. The van der Waals surface area contributed by atoms with Crippen LogP contribution in [0.15, 0.2) is 12.1 Å². The lowest BCUT2D eigenvalue weighted by atomic mass is 10.2. The fraction of sp³-hybridized carbons (Fsp3) is 0.400. The zero-order valence-corrected chi connectivity index (χ0v) is 9.87. The predicted octanol–water partition coefficient (Wildman–Crippen LogP) is 2.57. The molecule has 0 aliphatic carbocycles. The Bertz CT molecular complexity index is 424. The van der Waals surface area contributed by atoms with E-state index in [1.54, 1.807) is 6.92 Å². The topological polar surface area (TPSA) is 75.4 Å². The number of aliphatic hydroxyl groups excluding tert-OH is 1. The third-order valence-corrected chi connectivity index (χ3v) is 2.62. The summed E-state index contributed by atoms with van der Waals surface area (Å²) in [5.74, 6) is -0.882. The van der Waals surface area contributed by atoms with Crippen LogP contribution in [-0.4, -0.2) is 22.7 Å². The average Bonchev–Trinajstić information content (AvgIpc) is 2.30. The lowest BCUT2D eigenvalue weighted by molar-refractivity contribution is -0.384. The number of nitro groups is 1. The van der Waals surface area contributed by atoms with Crippen molar-refractivity contribution in [3.8, 4) is 0 Å². The standard InChI is InChI=1S/C10H12ClFN2O3/c1-2-6(5-15)13-10-8(14(16)17)4-3-7(11)9(10)12/h3-4,6,13,15H,2,5H2,1H3. The van der Waals surface area contributed by atoms with E-state index in [-0.39, 0.29) is 17.3 Å². The molecule has 5 nitrogen and oxygen atoms in total. The van der Waals surface area contributed by atoms with Crippen LogP contribution in [-0.2, 0) is 0 Å². The molecule has 0 bridgehead atoms. The summed E-state index contributed by atoms with van der Waals surface area (Å²) in [6, 6.07) is 1.79. The highest BCUT2D eigenvalue weighted by atomic mass is 35.5. The minimum Gasteiger partial charge on any atom is -0.394 e. The quantitative estimate of drug-likeness (QED) is 0.632. The van der Waals surface area contributed by atoms with Gasteiger partial charge in [0.15, 0.2) is 11.5 Å². The van der Waals surface area contributed by atoms with Crippen molar-refractivity contribution in [2.45, 2.75) is 19.4 Å². The second kappa shape index (κ2) is 5.79. The number of nitrogens with zero attached hydrogens (tertiary/aromatic N) is 1. The number of rotatable bonds is 5. The van der Waals surface area contributed by atoms with E-state index in [2.05, 4.69) is 5.32 Å². The van der Waals surface area contributed by atoms with Crippen molar-refractivity contribution in [1.82, 2.24) is 0 Å². The lowest BCUT2D eigenvalue weighted by Gasteiger charge is -2.16. The molecule has 0 radical (unpaired) electrons. The van der Waals surface area contributed by atoms with E-state index in [9.17, 15) is 14.5 Å². The van der Waals surface area contributed by atoms with Gasteiger partial charge in [0.2, 0.25) is 0 Å². The molecule has 17 heavy (non-hydrogen) atoms. The van der Waals surface area contributed by atoms with Gasteiger partial charge in [-0.2, -0.15) is 0 Å². The molecule has 0 aromatic heterocycles. The summed E-state index contributed by atoms with van der Waals surface area (Å²) in [6.07, 6.45) is 0.500. The van der Waals surface area contributed by atoms with Crippen molar-refractivity contribution in [3.63, 3.8) is 0 Å². The molecule has 1 rings (SSSR count). The zero-order valence-electron chi connectivity index (χ0n) is 9.11. The van der Waals surface area contributed by atoms with E-state index in [1.165, 1.54) is 0 Å². The molecule has 2 N–H and O–H groups in total. The lowest BCUT2D eigenvalue weighted by Crippen LogP contribution is -2.23. The predicted molar refractivity (Wildman–Crippen MR) is 62.9 cm³/mol. The molecule has 94 valence electrons. The monoisotopic (exact) mass is 262 g/mol. The molecule has 0 spiro atoms. The second-order valence-corrected chi connectivity index (χ2v) is 3.85. The summed E-state index contributed by atoms with van der Waals surface area (Å²) >= 11 is 5.56. The van der Waals surface area contributed by atoms with E-state index in [0.29, 0.717) is 6.42 Å². The van der Waals surface area contributed by atoms with E-state index in [4.69, 9.17) is 16.7 Å². The van der Waals surface area contributed by atoms with E-state index >= 15 is 0 Å². The molecule has 1 aromatic carbocycles. The molecule has 0 aliphatic heterocycles. The van der Waals surface area contributed by atoms with Crippen molar-refractivity contribution in [2.24, 2.45) is 0 Å². The van der Waals surface area contributed by atoms with Gasteiger partial charge in [-0.15, -0.1) is 0 Å². The molecule has 0 heterocycles. The van der Waals surface area contributed by atoms with Crippen molar-refractivity contribution < 1.29 is 14.4 Å². The van der Waals surface area contributed by atoms with Crippen molar-refractivity contribution in [1.29, 1.82) is 0 Å². The SMILES string of the molecule is CCC(CO)Nc1c([N+](=O)[O-])ccc(Cl)c1F. The summed E-state index contributed by atoms with van der Waals surface area (Å²) in [5.41, 5.74) is -0.692. The van der Waals surface area contributed by atoms with Gasteiger partial charge in [0, 0.05) is 12.1 Å². The van der Waals surface area contributed by atoms with E-state index in [1.807, 2.05) is 0 Å². The Morgan fingerprint density at radius 3 is 2.76 bits per heavy atom. The average molecular weight is 263 g/mol. The number of benzene rings is 1. The van der Waals surface area contributed by atoms with Crippen LogP contribution in [0.25, 0.3) is 0 Å². The Hall–Kier alpha value is -1.40. The van der Waals surface area contributed by atoms with Crippen LogP contribution < -0.4 is 5.32 Å². The summed E-state index contributed by atoms with van der Waals surface area (Å²) in [5, 5.41) is 22.1. The largest absolute Gasteiger partial charge is 0.394 e. The number of hydrogen-bond acceptors (Lipinski definition) is 4. The van der Waals surface area contributed by atoms with Crippen LogP contribution in [0.4, 0.5) is 15.8 Å². The molecule has 1 aromatic rings. The molecular weight excluding hydrogens is 251 g/mol. The fourth-order valence-electron chi connectivity index (χ4n) is 1.31. The van der Waals surface area contributed by atoms with Gasteiger partial charge in [-0.05, 0) is 12.5 Å². The normalized spacial score (nSPS) is 12.2. The van der Waals surface area contributed by atoms with Crippen LogP contribution in [0, 0.1) is 15.9 Å². The molecule has 0 saturated carbocycles. The maximum atomic E-state index is 13.7. The van der Waals surface area contributed by atoms with Crippen molar-refractivity contribution >= 4 is 23.0 Å². The number of anilines is 1. The number of hydrogen-bond donors (Lipinski definition) is 2. The van der Waals surface area contributed by atoms with Crippen LogP contribution in [0.1, 0.15) is 13.3 Å². The fourth-order valence-corrected chi connectivity index (χ4v) is 1.47. The van der Waals surface area contributed by atoms with Gasteiger partial charge in [-0.3, -0.25) is 10.1 Å². The molecule has 0 fully saturated rings. The molecule has 0 amide bonds. The first-order chi connectivity index (χ1) is 8.01. The van der Waals surface area contributed by atoms with Gasteiger partial charge in [0.1, 0.15) is 0 Å². The summed E-state index contributed by atoms with van der Waals surface area (Å²) < 4.78 is 13.7. The van der Waals surface area contributed by atoms with Gasteiger partial charge < -0.3 is 10.4 Å². The Kier molecular flexibility index (Phi) is 4.65. The van der Waals surface area contributed by atoms with Crippen LogP contribution in [0.2, 0.25) is 5.02 Å². The highest BCUT2D eigenvalue weighted by Crippen LogP contribution is 2.32. The molecule has 1 atom stereocenters. The Morgan fingerprint density at radius 2 is 2.29 bits per heavy atom. The highest BCUT2D eigenvalue weighted by Gasteiger charge is 2.22. The molecule has 1 unspecified atom stereocenters. The molecular formula is C10H12ClFN2O3. The van der Waals surface area contributed by atoms with Crippen LogP contribution in [0.3, 0.4) is 0 Å². The Labute approximate surface area is 102 Å². The van der Waals surface area contributed by atoms with Gasteiger partial charge in [0.25, 0.3) is 5.69 Å². The summed E-state index contributed by atoms with van der Waals surface area (Å²) in [6.45, 7) is 1.52. The number of aliphatic hydroxyl groups is 1. The van der Waals surface area contributed by atoms with E-state index in [0.717, 1.165) is 12.1 Å². The molecule has 7 heteroatoms. The van der Waals surface area contributed by atoms with Gasteiger partial charge in [0.05, 0.1) is 16.6 Å². The first-order valence-electron chi connectivity index (χ1n) is 5.01. The summed E-state index contributed by atoms with van der Waals surface area (Å²) in [7, 11) is 0. The van der Waals surface area contributed by atoms with Gasteiger partial charge >= 0.3 is 0 Å². The number of nitro benzene ring substituents is 1. The second-order valence-electron chi connectivity index (χ2n) is 3.44. The summed E-state index contributed by atoms with van der Waals surface area (Å²) in [4.78, 5) is 10.0. The van der Waals surface area contributed by atoms with E-state index < -0.39 is 22.5 Å². The third-order valence-electron chi connectivity index (χ3n) is 2.33. The third kappa shape index (κ3) is 3.04. The van der Waals surface area contributed by atoms with Gasteiger partial charge in [-0.25, -0.2) is 4.39 Å². The number of halogens is 2. The first-order valence-corrected chi connectivity index (χ1v) is 5.38. The Balaban J connectivity index is 3.18. The Morgan fingerprint density at radius 1 is 1.65 bits per heavy atom. The minimum atomic E-state index is -0.882. The van der Waals surface area contributed by atoms with Crippen molar-refractivity contribution in [3.05, 3.63) is 33.1 Å². The minimum absolute atomic E-state index is 0.203. The van der Waals surface area contributed by atoms with Crippen LogP contribution in [0.5, 0.6) is 0 Å². The number of nitrogens with one attached hydrogen (secondary N) is 1. The van der Waals surface area contributed by atoms with Crippen LogP contribution >= 0.6 is 11.6 Å². The molecule has 0 aliphatic rings.